The first-order chi connectivity index (χ1) is 9.63. The van der Waals surface area contributed by atoms with Gasteiger partial charge in [0.2, 0.25) is 0 Å². The van der Waals surface area contributed by atoms with Crippen LogP contribution in [0.5, 0.6) is 0 Å². The third-order valence-corrected chi connectivity index (χ3v) is 4.10. The summed E-state index contributed by atoms with van der Waals surface area (Å²) in [6.07, 6.45) is 2.10. The van der Waals surface area contributed by atoms with Crippen molar-refractivity contribution in [2.45, 2.75) is 19.8 Å². The van der Waals surface area contributed by atoms with Gasteiger partial charge >= 0.3 is 0 Å². The number of hydrogen-bond donors (Lipinski definition) is 1. The molecule has 1 aliphatic rings. The molecule has 0 unspecified atom stereocenters. The summed E-state index contributed by atoms with van der Waals surface area (Å²) in [6.45, 7) is 5.11. The predicted octanol–water partition coefficient (Wildman–Crippen LogP) is 2.94. The number of piperidine rings is 1. The fourth-order valence-corrected chi connectivity index (χ4v) is 2.84. The van der Waals surface area contributed by atoms with Crippen molar-refractivity contribution >= 4 is 17.5 Å². The summed E-state index contributed by atoms with van der Waals surface area (Å²) in [5.41, 5.74) is -0.00930. The molecule has 1 N–H and O–H groups in total. The van der Waals surface area contributed by atoms with Crippen LogP contribution in [-0.4, -0.2) is 37.0 Å². The van der Waals surface area contributed by atoms with Gasteiger partial charge < -0.3 is 10.2 Å². The minimum atomic E-state index is -0.550. The number of hydrogen-bond acceptors (Lipinski definition) is 2. The lowest BCUT2D eigenvalue weighted by atomic mass is 9.97. The zero-order chi connectivity index (χ0) is 14.5. The summed E-state index contributed by atoms with van der Waals surface area (Å²) in [6, 6.07) is 4.34. The van der Waals surface area contributed by atoms with Crippen LogP contribution in [0.2, 0.25) is 5.02 Å². The fraction of sp³-hybridized carbons (Fsp3) is 0.533. The zero-order valence-electron chi connectivity index (χ0n) is 11.7. The molecule has 0 aromatic heterocycles. The summed E-state index contributed by atoms with van der Waals surface area (Å²) >= 11 is 5.97. The zero-order valence-corrected chi connectivity index (χ0v) is 12.4. The van der Waals surface area contributed by atoms with E-state index in [-0.39, 0.29) is 16.5 Å². The highest BCUT2D eigenvalue weighted by atomic mass is 35.5. The van der Waals surface area contributed by atoms with E-state index in [1.54, 1.807) is 11.0 Å². The van der Waals surface area contributed by atoms with Crippen molar-refractivity contribution in [3.63, 3.8) is 0 Å². The normalized spacial score (nSPS) is 16.1. The van der Waals surface area contributed by atoms with Crippen molar-refractivity contribution in [2.24, 2.45) is 5.92 Å². The van der Waals surface area contributed by atoms with Crippen LogP contribution in [0.4, 0.5) is 4.39 Å². The average Bonchev–Trinajstić information content (AvgIpc) is 2.45. The number of rotatable bonds is 4. The fourth-order valence-electron chi connectivity index (χ4n) is 2.59. The van der Waals surface area contributed by atoms with E-state index in [9.17, 15) is 9.18 Å². The molecule has 1 aromatic rings. The van der Waals surface area contributed by atoms with Crippen LogP contribution in [0.25, 0.3) is 0 Å². The Morgan fingerprint density at radius 2 is 2.15 bits per heavy atom. The molecule has 1 heterocycles. The number of nitrogens with zero attached hydrogens (tertiary/aromatic N) is 1. The second-order valence-corrected chi connectivity index (χ2v) is 5.54. The monoisotopic (exact) mass is 298 g/mol. The Morgan fingerprint density at radius 3 is 2.75 bits per heavy atom. The lowest BCUT2D eigenvalue weighted by Gasteiger charge is -2.29. The number of nitrogens with one attached hydrogen (secondary N) is 1. The van der Waals surface area contributed by atoms with Gasteiger partial charge in [0.1, 0.15) is 5.82 Å². The van der Waals surface area contributed by atoms with Gasteiger partial charge in [-0.15, -0.1) is 0 Å². The molecule has 1 aliphatic heterocycles. The van der Waals surface area contributed by atoms with E-state index < -0.39 is 5.82 Å². The van der Waals surface area contributed by atoms with E-state index in [4.69, 9.17) is 11.6 Å². The molecule has 110 valence electrons. The van der Waals surface area contributed by atoms with E-state index >= 15 is 0 Å². The van der Waals surface area contributed by atoms with Crippen molar-refractivity contribution in [1.82, 2.24) is 10.2 Å². The first-order valence-corrected chi connectivity index (χ1v) is 7.45. The largest absolute Gasteiger partial charge is 0.339 e. The topological polar surface area (TPSA) is 32.3 Å². The summed E-state index contributed by atoms with van der Waals surface area (Å²) in [7, 11) is 0. The van der Waals surface area contributed by atoms with Crippen LogP contribution in [-0.2, 0) is 0 Å². The molecular formula is C15H20ClFN2O. The molecule has 0 radical (unpaired) electrons. The lowest BCUT2D eigenvalue weighted by Crippen LogP contribution is -2.39. The molecule has 1 fully saturated rings. The van der Waals surface area contributed by atoms with Crippen molar-refractivity contribution < 1.29 is 9.18 Å². The van der Waals surface area contributed by atoms with Crippen LogP contribution in [0.1, 0.15) is 30.1 Å². The van der Waals surface area contributed by atoms with E-state index in [0.717, 1.165) is 25.9 Å². The molecule has 0 bridgehead atoms. The molecule has 1 saturated heterocycles. The Kier molecular flexibility index (Phi) is 5.38. The van der Waals surface area contributed by atoms with Crippen molar-refractivity contribution in [2.75, 3.05) is 26.2 Å². The van der Waals surface area contributed by atoms with Gasteiger partial charge in [-0.25, -0.2) is 4.39 Å². The van der Waals surface area contributed by atoms with E-state index in [1.807, 2.05) is 6.92 Å². The van der Waals surface area contributed by atoms with Crippen LogP contribution in [0.3, 0.4) is 0 Å². The Balaban J connectivity index is 2.12. The van der Waals surface area contributed by atoms with Gasteiger partial charge in [-0.3, -0.25) is 4.79 Å². The molecule has 0 aliphatic carbocycles. The van der Waals surface area contributed by atoms with Crippen molar-refractivity contribution in [1.29, 1.82) is 0 Å². The summed E-state index contributed by atoms with van der Waals surface area (Å²) in [5, 5.41) is 3.48. The predicted molar refractivity (Wildman–Crippen MR) is 78.6 cm³/mol. The smallest absolute Gasteiger partial charge is 0.258 e. The maximum absolute atomic E-state index is 13.8. The molecule has 5 heteroatoms. The van der Waals surface area contributed by atoms with Gasteiger partial charge in [0.25, 0.3) is 5.91 Å². The number of carbonyl (C=O) groups is 1. The quantitative estimate of drug-likeness (QED) is 0.927. The Labute approximate surface area is 124 Å². The highest BCUT2D eigenvalue weighted by Crippen LogP contribution is 2.22. The van der Waals surface area contributed by atoms with Gasteiger partial charge in [0, 0.05) is 13.1 Å². The lowest BCUT2D eigenvalue weighted by molar-refractivity contribution is 0.0722. The SMILES string of the molecule is CCN(CC1CCNCC1)C(=O)c1c(F)cccc1Cl. The molecule has 0 saturated carbocycles. The Bertz CT molecular complexity index is 455. The van der Waals surface area contributed by atoms with Gasteiger partial charge in [-0.2, -0.15) is 0 Å². The van der Waals surface area contributed by atoms with Gasteiger partial charge in [0.05, 0.1) is 10.6 Å². The summed E-state index contributed by atoms with van der Waals surface area (Å²) in [5.74, 6) is -0.383. The average molecular weight is 299 g/mol. The van der Waals surface area contributed by atoms with Gasteiger partial charge in [0.15, 0.2) is 0 Å². The molecule has 0 atom stereocenters. The molecule has 2 rings (SSSR count). The second kappa shape index (κ2) is 7.04. The summed E-state index contributed by atoms with van der Waals surface area (Å²) < 4.78 is 13.8. The highest BCUT2D eigenvalue weighted by Gasteiger charge is 2.24. The summed E-state index contributed by atoms with van der Waals surface area (Å²) in [4.78, 5) is 14.2. The molecule has 0 spiro atoms. The third kappa shape index (κ3) is 3.49. The third-order valence-electron chi connectivity index (χ3n) is 3.78. The maximum atomic E-state index is 13.8. The first-order valence-electron chi connectivity index (χ1n) is 7.07. The number of carbonyl (C=O) groups excluding carboxylic acids is 1. The van der Waals surface area contributed by atoms with Crippen LogP contribution < -0.4 is 5.32 Å². The van der Waals surface area contributed by atoms with Crippen LogP contribution >= 0.6 is 11.6 Å². The highest BCUT2D eigenvalue weighted by molar-refractivity contribution is 6.33. The molecule has 20 heavy (non-hydrogen) atoms. The standard InChI is InChI=1S/C15H20ClFN2O/c1-2-19(10-11-6-8-18-9-7-11)15(20)14-12(16)4-3-5-13(14)17/h3-5,11,18H,2,6-10H2,1H3. The molecule has 1 aromatic carbocycles. The number of halogens is 2. The van der Waals surface area contributed by atoms with Gasteiger partial charge in [-0.1, -0.05) is 17.7 Å². The van der Waals surface area contributed by atoms with Crippen molar-refractivity contribution in [3.8, 4) is 0 Å². The Hall–Kier alpha value is -1.13. The molecule has 1 amide bonds. The molecular weight excluding hydrogens is 279 g/mol. The second-order valence-electron chi connectivity index (χ2n) is 5.13. The van der Waals surface area contributed by atoms with E-state index in [0.29, 0.717) is 19.0 Å². The molecule has 3 nitrogen and oxygen atoms in total. The minimum absolute atomic E-state index is 0.00930. The Morgan fingerprint density at radius 1 is 1.45 bits per heavy atom. The minimum Gasteiger partial charge on any atom is -0.339 e. The maximum Gasteiger partial charge on any atom is 0.258 e. The van der Waals surface area contributed by atoms with Crippen molar-refractivity contribution in [3.05, 3.63) is 34.6 Å². The number of amides is 1. The first kappa shape index (κ1) is 15.3. The van der Waals surface area contributed by atoms with E-state index in [2.05, 4.69) is 5.32 Å². The van der Waals surface area contributed by atoms with Gasteiger partial charge in [-0.05, 0) is 50.9 Å². The van der Waals surface area contributed by atoms with Crippen LogP contribution in [0.15, 0.2) is 18.2 Å². The number of benzene rings is 1. The van der Waals surface area contributed by atoms with Crippen LogP contribution in [0, 0.1) is 11.7 Å². The van der Waals surface area contributed by atoms with E-state index in [1.165, 1.54) is 12.1 Å².